The molecule has 0 radical (unpaired) electrons. The number of unbranched alkanes of at least 4 members (excludes halogenated alkanes) is 2. The highest BCUT2D eigenvalue weighted by molar-refractivity contribution is 7.91. The molecule has 0 amide bonds. The number of nitrogens with one attached hydrogen (secondary N) is 1. The smallest absolute Gasteiger partial charge is 0.302 e. The summed E-state index contributed by atoms with van der Waals surface area (Å²) >= 11 is 0. The van der Waals surface area contributed by atoms with E-state index in [9.17, 15) is 23.4 Å². The van der Waals surface area contributed by atoms with Crippen LogP contribution in [0, 0.1) is 0 Å². The molecule has 1 aromatic rings. The highest BCUT2D eigenvalue weighted by atomic mass is 32.2. The van der Waals surface area contributed by atoms with E-state index < -0.39 is 21.9 Å². The average molecular weight is 370 g/mol. The van der Waals surface area contributed by atoms with E-state index in [1.54, 1.807) is 26.0 Å². The number of nitrogens with zero attached hydrogens (tertiary/aromatic N) is 1. The number of hydrogen-bond donors (Lipinski definition) is 3. The molecular formula is C17H26N2O5S. The first-order valence-corrected chi connectivity index (χ1v) is 9.86. The van der Waals surface area contributed by atoms with Gasteiger partial charge >= 0.3 is 10.2 Å². The Morgan fingerprint density at radius 1 is 1.32 bits per heavy atom. The third-order valence-electron chi connectivity index (χ3n) is 4.18. The Kier molecular flexibility index (Phi) is 6.08. The standard InChI is InChI=1S/C17H26N2O5S/c1-17(2,22)9-5-3-4-6-13-7-8-16(21)15(10-13)19-11-14(12-20)18-25(19,23)24/h7-8,10,12,14,18,21-22H,3-6,9,11H2,1-2H3. The topological polar surface area (TPSA) is 107 Å². The molecular weight excluding hydrogens is 344 g/mol. The van der Waals surface area contributed by atoms with Crippen molar-refractivity contribution in [3.63, 3.8) is 0 Å². The van der Waals surface area contributed by atoms with Gasteiger partial charge in [0, 0.05) is 0 Å². The highest BCUT2D eigenvalue weighted by Gasteiger charge is 2.36. The Hall–Kier alpha value is -1.64. The van der Waals surface area contributed by atoms with Gasteiger partial charge in [0.2, 0.25) is 0 Å². The second kappa shape index (κ2) is 7.72. The van der Waals surface area contributed by atoms with E-state index in [1.807, 2.05) is 0 Å². The van der Waals surface area contributed by atoms with Crippen LogP contribution >= 0.6 is 0 Å². The summed E-state index contributed by atoms with van der Waals surface area (Å²) in [6.45, 7) is 3.54. The second-order valence-electron chi connectivity index (χ2n) is 7.09. The minimum Gasteiger partial charge on any atom is -0.506 e. The number of carbonyl (C=O) groups is 1. The summed E-state index contributed by atoms with van der Waals surface area (Å²) in [7, 11) is -3.82. The van der Waals surface area contributed by atoms with Crippen LogP contribution in [-0.2, 0) is 21.4 Å². The number of anilines is 1. The van der Waals surface area contributed by atoms with Crippen LogP contribution in [0.2, 0.25) is 0 Å². The zero-order valence-electron chi connectivity index (χ0n) is 14.6. The molecule has 1 aliphatic rings. The molecule has 140 valence electrons. The lowest BCUT2D eigenvalue weighted by atomic mass is 9.99. The Labute approximate surface area is 148 Å². The zero-order chi connectivity index (χ0) is 18.7. The van der Waals surface area contributed by atoms with E-state index in [0.29, 0.717) is 6.29 Å². The molecule has 0 aliphatic carbocycles. The molecule has 1 aliphatic heterocycles. The number of phenols is 1. The van der Waals surface area contributed by atoms with Gasteiger partial charge in [-0.3, -0.25) is 4.31 Å². The lowest BCUT2D eigenvalue weighted by Crippen LogP contribution is -2.30. The summed E-state index contributed by atoms with van der Waals surface area (Å²) in [5, 5.41) is 19.7. The van der Waals surface area contributed by atoms with Gasteiger partial charge in [-0.15, -0.1) is 0 Å². The van der Waals surface area contributed by atoms with Gasteiger partial charge in [0.15, 0.2) is 0 Å². The monoisotopic (exact) mass is 370 g/mol. The lowest BCUT2D eigenvalue weighted by Gasteiger charge is -2.18. The molecule has 0 saturated carbocycles. The first-order chi connectivity index (χ1) is 11.6. The first kappa shape index (κ1) is 19.7. The molecule has 3 N–H and O–H groups in total. The Bertz CT molecular complexity index is 712. The summed E-state index contributed by atoms with van der Waals surface area (Å²) in [6, 6.07) is 4.08. The maximum atomic E-state index is 12.1. The Morgan fingerprint density at radius 2 is 2.04 bits per heavy atom. The van der Waals surface area contributed by atoms with E-state index in [0.717, 1.165) is 42.0 Å². The molecule has 1 fully saturated rings. The van der Waals surface area contributed by atoms with Crippen molar-refractivity contribution in [3.8, 4) is 5.75 Å². The molecule has 25 heavy (non-hydrogen) atoms. The van der Waals surface area contributed by atoms with Gasteiger partial charge in [-0.2, -0.15) is 13.1 Å². The average Bonchev–Trinajstić information content (AvgIpc) is 2.82. The predicted octanol–water partition coefficient (Wildman–Crippen LogP) is 1.49. The van der Waals surface area contributed by atoms with E-state index >= 15 is 0 Å². The van der Waals surface area contributed by atoms with Crippen LogP contribution < -0.4 is 9.03 Å². The summed E-state index contributed by atoms with van der Waals surface area (Å²) in [4.78, 5) is 10.9. The maximum absolute atomic E-state index is 12.1. The zero-order valence-corrected chi connectivity index (χ0v) is 15.4. The van der Waals surface area contributed by atoms with Crippen molar-refractivity contribution >= 4 is 22.2 Å². The molecule has 1 atom stereocenters. The van der Waals surface area contributed by atoms with Crippen molar-refractivity contribution in [2.75, 3.05) is 10.8 Å². The van der Waals surface area contributed by atoms with Crippen LogP contribution in [0.1, 0.15) is 45.1 Å². The summed E-state index contributed by atoms with van der Waals surface area (Å²) in [5.41, 5.74) is 0.449. The van der Waals surface area contributed by atoms with Gasteiger partial charge in [-0.25, -0.2) is 0 Å². The van der Waals surface area contributed by atoms with Gasteiger partial charge < -0.3 is 15.0 Å². The number of rotatable bonds is 8. The number of aldehydes is 1. The van der Waals surface area contributed by atoms with Crippen LogP contribution in [-0.4, -0.2) is 43.1 Å². The number of phenolic OH excluding ortho intramolecular Hbond substituents is 1. The van der Waals surface area contributed by atoms with Gasteiger partial charge in [-0.05, 0) is 50.8 Å². The number of aromatic hydroxyl groups is 1. The fraction of sp³-hybridized carbons (Fsp3) is 0.588. The van der Waals surface area contributed by atoms with Gasteiger partial charge in [0.1, 0.15) is 12.0 Å². The quantitative estimate of drug-likeness (QED) is 0.475. The summed E-state index contributed by atoms with van der Waals surface area (Å²) in [6.07, 6.45) is 4.80. The molecule has 8 heteroatoms. The molecule has 0 aromatic heterocycles. The Morgan fingerprint density at radius 3 is 2.64 bits per heavy atom. The first-order valence-electron chi connectivity index (χ1n) is 8.42. The van der Waals surface area contributed by atoms with Gasteiger partial charge in [0.05, 0.1) is 23.9 Å². The van der Waals surface area contributed by atoms with Crippen molar-refractivity contribution in [1.82, 2.24) is 4.72 Å². The fourth-order valence-electron chi connectivity index (χ4n) is 2.86. The van der Waals surface area contributed by atoms with Gasteiger partial charge in [-0.1, -0.05) is 18.9 Å². The minimum absolute atomic E-state index is 0.0333. The van der Waals surface area contributed by atoms with Crippen LogP contribution in [0.3, 0.4) is 0 Å². The summed E-state index contributed by atoms with van der Waals surface area (Å²) in [5.74, 6) is -0.136. The molecule has 2 rings (SSSR count). The van der Waals surface area contributed by atoms with E-state index in [1.165, 1.54) is 6.07 Å². The van der Waals surface area contributed by atoms with Crippen LogP contribution in [0.25, 0.3) is 0 Å². The van der Waals surface area contributed by atoms with Gasteiger partial charge in [0.25, 0.3) is 0 Å². The van der Waals surface area contributed by atoms with Crippen LogP contribution in [0.5, 0.6) is 5.75 Å². The van der Waals surface area contributed by atoms with Crippen molar-refractivity contribution in [1.29, 1.82) is 0 Å². The number of benzene rings is 1. The van der Waals surface area contributed by atoms with E-state index in [-0.39, 0.29) is 18.0 Å². The second-order valence-corrected chi connectivity index (χ2v) is 8.72. The van der Waals surface area contributed by atoms with Crippen LogP contribution in [0.4, 0.5) is 5.69 Å². The SMILES string of the molecule is CC(C)(O)CCCCCc1ccc(O)c(N2CC(C=O)NS2(=O)=O)c1. The number of carbonyl (C=O) groups excluding carboxylic acids is 1. The largest absolute Gasteiger partial charge is 0.506 e. The van der Waals surface area contributed by atoms with E-state index in [4.69, 9.17) is 0 Å². The third-order valence-corrected chi connectivity index (χ3v) is 5.71. The van der Waals surface area contributed by atoms with Crippen LogP contribution in [0.15, 0.2) is 18.2 Å². The number of aliphatic hydroxyl groups is 1. The fourth-order valence-corrected chi connectivity index (χ4v) is 4.26. The lowest BCUT2D eigenvalue weighted by molar-refractivity contribution is -0.108. The van der Waals surface area contributed by atoms with Crippen molar-refractivity contribution in [2.24, 2.45) is 0 Å². The minimum atomic E-state index is -3.82. The molecule has 0 bridgehead atoms. The highest BCUT2D eigenvalue weighted by Crippen LogP contribution is 2.32. The molecule has 7 nitrogen and oxygen atoms in total. The molecule has 1 unspecified atom stereocenters. The third kappa shape index (κ3) is 5.42. The molecule has 1 aromatic carbocycles. The number of aryl methyl sites for hydroxylation is 1. The normalized spacial score (nSPS) is 20.0. The summed E-state index contributed by atoms with van der Waals surface area (Å²) < 4.78 is 27.5. The van der Waals surface area contributed by atoms with Crippen molar-refractivity contribution in [3.05, 3.63) is 23.8 Å². The predicted molar refractivity (Wildman–Crippen MR) is 95.8 cm³/mol. The Balaban J connectivity index is 2.02. The molecule has 0 spiro atoms. The van der Waals surface area contributed by atoms with Crippen molar-refractivity contribution < 1.29 is 23.4 Å². The van der Waals surface area contributed by atoms with E-state index in [2.05, 4.69) is 4.72 Å². The molecule has 1 heterocycles. The molecule has 1 saturated heterocycles. The van der Waals surface area contributed by atoms with Crippen molar-refractivity contribution in [2.45, 2.75) is 57.6 Å². The number of hydrogen-bond acceptors (Lipinski definition) is 5. The maximum Gasteiger partial charge on any atom is 0.302 e.